The number of nitro benzene ring substituents is 1. The molecule has 2 rings (SSSR count). The molecule has 0 atom stereocenters. The summed E-state index contributed by atoms with van der Waals surface area (Å²) in [5.74, 6) is -1.54. The third kappa shape index (κ3) is 5.86. The maximum atomic E-state index is 12.2. The predicted molar refractivity (Wildman–Crippen MR) is 103 cm³/mol. The second kappa shape index (κ2) is 9.98. The molecule has 9 nitrogen and oxygen atoms in total. The number of ether oxygens (including phenoxy) is 2. The number of nitrogens with zero attached hydrogens (tertiary/aromatic N) is 1. The lowest BCUT2D eigenvalue weighted by atomic mass is 10.1. The van der Waals surface area contributed by atoms with Gasteiger partial charge < -0.3 is 14.8 Å². The number of carbonyl (C=O) groups excluding carboxylic acids is 3. The normalized spacial score (nSPS) is 10.1. The van der Waals surface area contributed by atoms with E-state index in [4.69, 9.17) is 9.47 Å². The number of carbonyl (C=O) groups is 3. The number of rotatable bonds is 9. The van der Waals surface area contributed by atoms with Gasteiger partial charge in [0.05, 0.1) is 17.1 Å². The van der Waals surface area contributed by atoms with Gasteiger partial charge in [-0.2, -0.15) is 0 Å². The highest BCUT2D eigenvalue weighted by molar-refractivity contribution is 6.00. The number of hydrogen-bond acceptors (Lipinski definition) is 7. The lowest BCUT2D eigenvalue weighted by Gasteiger charge is -2.10. The molecule has 9 heteroatoms. The molecule has 0 saturated carbocycles. The molecule has 0 saturated heterocycles. The minimum absolute atomic E-state index is 0.0600. The summed E-state index contributed by atoms with van der Waals surface area (Å²) in [6, 6.07) is 10.6. The monoisotopic (exact) mass is 400 g/mol. The predicted octanol–water partition coefficient (Wildman–Crippen LogP) is 2.46. The molecule has 0 heterocycles. The molecule has 29 heavy (non-hydrogen) atoms. The van der Waals surface area contributed by atoms with Crippen molar-refractivity contribution in [1.82, 2.24) is 5.32 Å². The Morgan fingerprint density at radius 2 is 1.86 bits per heavy atom. The lowest BCUT2D eigenvalue weighted by molar-refractivity contribution is -0.385. The highest BCUT2D eigenvalue weighted by atomic mass is 16.6. The third-order valence-electron chi connectivity index (χ3n) is 3.92. The molecule has 1 N–H and O–H groups in total. The first-order valence-electron chi connectivity index (χ1n) is 8.77. The Balaban J connectivity index is 1.89. The van der Waals surface area contributed by atoms with Gasteiger partial charge in [-0.05, 0) is 26.0 Å². The average Bonchev–Trinajstić information content (AvgIpc) is 2.71. The summed E-state index contributed by atoms with van der Waals surface area (Å²) in [6.45, 7) is 2.68. The molecule has 0 radical (unpaired) electrons. The third-order valence-corrected chi connectivity index (χ3v) is 3.92. The van der Waals surface area contributed by atoms with Crippen LogP contribution in [0.4, 0.5) is 5.69 Å². The molecular formula is C20H20N2O7. The van der Waals surface area contributed by atoms with Gasteiger partial charge in [0.1, 0.15) is 12.3 Å². The molecule has 152 valence electrons. The maximum Gasteiger partial charge on any atom is 0.325 e. The second-order valence-corrected chi connectivity index (χ2v) is 5.95. The van der Waals surface area contributed by atoms with Crippen LogP contribution in [0.25, 0.3) is 0 Å². The van der Waals surface area contributed by atoms with Crippen molar-refractivity contribution >= 4 is 23.3 Å². The highest BCUT2D eigenvalue weighted by Crippen LogP contribution is 2.20. The van der Waals surface area contributed by atoms with Crippen LogP contribution in [0.2, 0.25) is 0 Å². The van der Waals surface area contributed by atoms with Crippen molar-refractivity contribution in [2.45, 2.75) is 13.8 Å². The van der Waals surface area contributed by atoms with Crippen molar-refractivity contribution in [2.24, 2.45) is 0 Å². The second-order valence-electron chi connectivity index (χ2n) is 5.95. The van der Waals surface area contributed by atoms with E-state index in [1.165, 1.54) is 12.1 Å². The summed E-state index contributed by atoms with van der Waals surface area (Å²) in [5.41, 5.74) is 0.552. The fourth-order valence-corrected chi connectivity index (χ4v) is 2.44. The molecule has 2 aromatic rings. The number of aryl methyl sites for hydroxylation is 1. The Morgan fingerprint density at radius 1 is 1.14 bits per heavy atom. The van der Waals surface area contributed by atoms with Gasteiger partial charge in [-0.1, -0.05) is 24.3 Å². The Morgan fingerprint density at radius 3 is 2.55 bits per heavy atom. The Bertz CT molecular complexity index is 940. The number of amides is 1. The van der Waals surface area contributed by atoms with Crippen molar-refractivity contribution in [2.75, 3.05) is 19.8 Å². The zero-order valence-corrected chi connectivity index (χ0v) is 16.0. The molecule has 0 aliphatic carbocycles. The first-order chi connectivity index (χ1) is 13.8. The van der Waals surface area contributed by atoms with Gasteiger partial charge in [-0.15, -0.1) is 0 Å². The Labute approximate surface area is 166 Å². The summed E-state index contributed by atoms with van der Waals surface area (Å²) in [7, 11) is 0. The molecule has 0 aliphatic rings. The first-order valence-corrected chi connectivity index (χ1v) is 8.77. The van der Waals surface area contributed by atoms with Crippen LogP contribution in [0.3, 0.4) is 0 Å². The van der Waals surface area contributed by atoms with E-state index in [0.29, 0.717) is 17.9 Å². The van der Waals surface area contributed by atoms with Gasteiger partial charge in [-0.25, -0.2) is 0 Å². The molecule has 0 bridgehead atoms. The Hall–Kier alpha value is -3.75. The van der Waals surface area contributed by atoms with Crippen molar-refractivity contribution in [1.29, 1.82) is 0 Å². The number of ketones is 1. The zero-order valence-electron chi connectivity index (χ0n) is 16.0. The SMILES string of the molecule is CCOc1ccccc1C(=O)NCC(=O)OCC(=O)c1ccc(C)c([N+](=O)[O-])c1. The summed E-state index contributed by atoms with van der Waals surface area (Å²) in [4.78, 5) is 46.5. The van der Waals surface area contributed by atoms with E-state index in [1.807, 2.05) is 0 Å². The van der Waals surface area contributed by atoms with Gasteiger partial charge in [0.2, 0.25) is 5.78 Å². The number of para-hydroxylation sites is 1. The molecule has 1 amide bonds. The van der Waals surface area contributed by atoms with Gasteiger partial charge >= 0.3 is 5.97 Å². The fourth-order valence-electron chi connectivity index (χ4n) is 2.44. The number of hydrogen-bond donors (Lipinski definition) is 1. The maximum absolute atomic E-state index is 12.2. The fraction of sp³-hybridized carbons (Fsp3) is 0.250. The van der Waals surface area contributed by atoms with Crippen molar-refractivity contribution in [3.05, 3.63) is 69.3 Å². The van der Waals surface area contributed by atoms with E-state index in [1.54, 1.807) is 38.1 Å². The molecule has 0 aliphatic heterocycles. The van der Waals surface area contributed by atoms with Crippen LogP contribution >= 0.6 is 0 Å². The smallest absolute Gasteiger partial charge is 0.325 e. The van der Waals surface area contributed by atoms with Crippen LogP contribution in [-0.4, -0.2) is 42.3 Å². The molecule has 0 spiro atoms. The number of benzene rings is 2. The van der Waals surface area contributed by atoms with Gasteiger partial charge in [-0.3, -0.25) is 24.5 Å². The molecule has 0 fully saturated rings. The van der Waals surface area contributed by atoms with E-state index in [0.717, 1.165) is 6.07 Å². The number of nitro groups is 1. The molecular weight excluding hydrogens is 380 g/mol. The topological polar surface area (TPSA) is 125 Å². The number of Topliss-reactive ketones (excluding diaryl/α,β-unsaturated/α-hetero) is 1. The summed E-state index contributed by atoms with van der Waals surface area (Å²) in [6.07, 6.45) is 0. The van der Waals surface area contributed by atoms with Crippen molar-refractivity contribution in [3.63, 3.8) is 0 Å². The summed E-state index contributed by atoms with van der Waals surface area (Å²) in [5, 5.41) is 13.4. The lowest BCUT2D eigenvalue weighted by Crippen LogP contribution is -2.31. The van der Waals surface area contributed by atoms with Crippen LogP contribution in [0.15, 0.2) is 42.5 Å². The van der Waals surface area contributed by atoms with Gasteiger partial charge in [0.25, 0.3) is 11.6 Å². The Kier molecular flexibility index (Phi) is 7.41. The van der Waals surface area contributed by atoms with Crippen LogP contribution in [0.1, 0.15) is 33.2 Å². The molecule has 2 aromatic carbocycles. The first kappa shape index (κ1) is 21.5. The minimum atomic E-state index is -0.817. The molecule has 0 unspecified atom stereocenters. The number of esters is 1. The zero-order chi connectivity index (χ0) is 21.4. The van der Waals surface area contributed by atoms with E-state index < -0.39 is 35.7 Å². The van der Waals surface area contributed by atoms with Crippen LogP contribution in [0, 0.1) is 17.0 Å². The van der Waals surface area contributed by atoms with Crippen LogP contribution in [-0.2, 0) is 9.53 Å². The summed E-state index contributed by atoms with van der Waals surface area (Å²) >= 11 is 0. The van der Waals surface area contributed by atoms with E-state index in [-0.39, 0.29) is 16.8 Å². The van der Waals surface area contributed by atoms with Crippen molar-refractivity contribution < 1.29 is 28.8 Å². The van der Waals surface area contributed by atoms with E-state index >= 15 is 0 Å². The van der Waals surface area contributed by atoms with Crippen molar-refractivity contribution in [3.8, 4) is 5.75 Å². The minimum Gasteiger partial charge on any atom is -0.493 e. The highest BCUT2D eigenvalue weighted by Gasteiger charge is 2.17. The molecule has 0 aromatic heterocycles. The van der Waals surface area contributed by atoms with Gasteiger partial charge in [0.15, 0.2) is 6.61 Å². The van der Waals surface area contributed by atoms with Gasteiger partial charge in [0, 0.05) is 17.2 Å². The van der Waals surface area contributed by atoms with E-state index in [2.05, 4.69) is 5.32 Å². The largest absolute Gasteiger partial charge is 0.493 e. The van der Waals surface area contributed by atoms with E-state index in [9.17, 15) is 24.5 Å². The standard InChI is InChI=1S/C20H20N2O7/c1-3-28-18-7-5-4-6-15(18)20(25)21-11-19(24)29-12-17(23)14-9-8-13(2)16(10-14)22(26)27/h4-10H,3,11-12H2,1-2H3,(H,21,25). The number of nitrogens with one attached hydrogen (secondary N) is 1. The quantitative estimate of drug-likeness (QED) is 0.297. The summed E-state index contributed by atoms with van der Waals surface area (Å²) < 4.78 is 10.2. The van der Waals surface area contributed by atoms with Crippen LogP contribution in [0.5, 0.6) is 5.75 Å². The average molecular weight is 400 g/mol. The van der Waals surface area contributed by atoms with Crippen LogP contribution < -0.4 is 10.1 Å².